The second-order valence-electron chi connectivity index (χ2n) is 7.18. The van der Waals surface area contributed by atoms with Gasteiger partial charge in [-0.1, -0.05) is 0 Å². The number of fused-ring (bicyclic) bond motifs is 1. The Kier molecular flexibility index (Phi) is 5.15. The van der Waals surface area contributed by atoms with Crippen LogP contribution < -0.4 is 5.32 Å². The second-order valence-corrected chi connectivity index (χ2v) is 7.18. The van der Waals surface area contributed by atoms with Gasteiger partial charge in [0.05, 0.1) is 0 Å². The summed E-state index contributed by atoms with van der Waals surface area (Å²) >= 11 is 0. The highest BCUT2D eigenvalue weighted by molar-refractivity contribution is 5.94. The Balaban J connectivity index is 2.29. The molecular weight excluding hydrogens is 314 g/mol. The lowest BCUT2D eigenvalue weighted by Gasteiger charge is -2.43. The third-order valence-electron chi connectivity index (χ3n) is 3.92. The molecule has 0 bridgehead atoms. The van der Waals surface area contributed by atoms with Crippen molar-refractivity contribution in [2.45, 2.75) is 71.1 Å². The van der Waals surface area contributed by atoms with Crippen molar-refractivity contribution in [1.29, 1.82) is 0 Å². The number of nitrogens with one attached hydrogen (secondary N) is 1. The monoisotopic (exact) mass is 339 g/mol. The molecule has 2 heterocycles. The molecular formula is C16H25N3O5. The fraction of sp³-hybridized carbons (Fsp3) is 0.750. The van der Waals surface area contributed by atoms with E-state index in [2.05, 4.69) is 5.32 Å². The minimum Gasteiger partial charge on any atom is -0.458 e. The number of hydrogen-bond acceptors (Lipinski definition) is 5. The first-order valence-electron chi connectivity index (χ1n) is 8.23. The number of nitrogens with zero attached hydrogens (tertiary/aromatic N) is 2. The Morgan fingerprint density at radius 1 is 1.21 bits per heavy atom. The summed E-state index contributed by atoms with van der Waals surface area (Å²) in [6, 6.07) is -1.65. The Morgan fingerprint density at radius 3 is 2.46 bits per heavy atom. The predicted molar refractivity (Wildman–Crippen MR) is 84.3 cm³/mol. The van der Waals surface area contributed by atoms with E-state index in [4.69, 9.17) is 4.74 Å². The van der Waals surface area contributed by atoms with Crippen LogP contribution in [0.5, 0.6) is 0 Å². The van der Waals surface area contributed by atoms with E-state index in [9.17, 15) is 19.2 Å². The van der Waals surface area contributed by atoms with Crippen LogP contribution in [0.1, 0.15) is 53.4 Å². The highest BCUT2D eigenvalue weighted by Gasteiger charge is 2.45. The van der Waals surface area contributed by atoms with Crippen LogP contribution in [-0.2, 0) is 23.9 Å². The minimum atomic E-state index is -0.844. The minimum absolute atomic E-state index is 0.147. The van der Waals surface area contributed by atoms with Crippen LogP contribution in [0.15, 0.2) is 0 Å². The Morgan fingerprint density at radius 2 is 1.88 bits per heavy atom. The average Bonchev–Trinajstić information content (AvgIpc) is 2.57. The van der Waals surface area contributed by atoms with Crippen molar-refractivity contribution >= 4 is 23.7 Å². The molecule has 24 heavy (non-hydrogen) atoms. The number of carbonyl (C=O) groups excluding carboxylic acids is 4. The largest absolute Gasteiger partial charge is 0.458 e. The van der Waals surface area contributed by atoms with Crippen LogP contribution in [0, 0.1) is 0 Å². The van der Waals surface area contributed by atoms with Crippen molar-refractivity contribution in [3.8, 4) is 0 Å². The molecule has 0 aromatic rings. The molecule has 134 valence electrons. The first kappa shape index (κ1) is 18.2. The maximum absolute atomic E-state index is 12.9. The summed E-state index contributed by atoms with van der Waals surface area (Å²) in [7, 11) is 0. The van der Waals surface area contributed by atoms with Crippen LogP contribution in [0.3, 0.4) is 0 Å². The van der Waals surface area contributed by atoms with Crippen LogP contribution in [-0.4, -0.2) is 57.9 Å². The summed E-state index contributed by atoms with van der Waals surface area (Å²) in [5.74, 6) is -1.53. The molecule has 0 aromatic carbocycles. The van der Waals surface area contributed by atoms with Gasteiger partial charge < -0.3 is 10.1 Å². The molecule has 8 nitrogen and oxygen atoms in total. The van der Waals surface area contributed by atoms with E-state index in [0.717, 1.165) is 0 Å². The third-order valence-corrected chi connectivity index (χ3v) is 3.92. The highest BCUT2D eigenvalue weighted by Crippen LogP contribution is 2.26. The summed E-state index contributed by atoms with van der Waals surface area (Å²) in [6.07, 6.45) is 1.42. The highest BCUT2D eigenvalue weighted by atomic mass is 16.6. The molecule has 2 atom stereocenters. The zero-order valence-corrected chi connectivity index (χ0v) is 14.6. The quantitative estimate of drug-likeness (QED) is 0.733. The van der Waals surface area contributed by atoms with Gasteiger partial charge in [-0.15, -0.1) is 0 Å². The molecule has 2 fully saturated rings. The second kappa shape index (κ2) is 6.78. The summed E-state index contributed by atoms with van der Waals surface area (Å²) < 4.78 is 5.41. The van der Waals surface area contributed by atoms with Gasteiger partial charge in [-0.3, -0.25) is 19.4 Å². The fourth-order valence-electron chi connectivity index (χ4n) is 3.00. The van der Waals surface area contributed by atoms with Crippen molar-refractivity contribution in [3.63, 3.8) is 0 Å². The molecule has 2 rings (SSSR count). The zero-order valence-electron chi connectivity index (χ0n) is 14.6. The average molecular weight is 339 g/mol. The normalized spacial score (nSPS) is 25.0. The van der Waals surface area contributed by atoms with E-state index in [1.807, 2.05) is 0 Å². The molecule has 0 aromatic heterocycles. The number of amides is 3. The Hall–Kier alpha value is -2.12. The molecule has 0 spiro atoms. The summed E-state index contributed by atoms with van der Waals surface area (Å²) in [5, 5.41) is 5.11. The van der Waals surface area contributed by atoms with E-state index in [-0.39, 0.29) is 24.7 Å². The topological polar surface area (TPSA) is 96.0 Å². The molecule has 1 N–H and O–H groups in total. The maximum atomic E-state index is 12.9. The van der Waals surface area contributed by atoms with Crippen molar-refractivity contribution in [3.05, 3.63) is 0 Å². The van der Waals surface area contributed by atoms with Crippen molar-refractivity contribution in [2.75, 3.05) is 6.54 Å². The Labute approximate surface area is 141 Å². The Bertz CT molecular complexity index is 554. The van der Waals surface area contributed by atoms with Crippen LogP contribution in [0.4, 0.5) is 0 Å². The number of esters is 1. The van der Waals surface area contributed by atoms with Crippen LogP contribution in [0.25, 0.3) is 0 Å². The summed E-state index contributed by atoms with van der Waals surface area (Å²) in [5.41, 5.74) is -0.685. The number of hydrogen-bond donors (Lipinski definition) is 1. The van der Waals surface area contributed by atoms with Gasteiger partial charge in [0.1, 0.15) is 11.6 Å². The van der Waals surface area contributed by atoms with Gasteiger partial charge in [0, 0.05) is 19.9 Å². The van der Waals surface area contributed by atoms with Crippen LogP contribution >= 0.6 is 0 Å². The number of hydrazine groups is 1. The van der Waals surface area contributed by atoms with E-state index in [1.165, 1.54) is 16.9 Å². The number of ether oxygens (including phenoxy) is 1. The van der Waals surface area contributed by atoms with E-state index < -0.39 is 29.6 Å². The van der Waals surface area contributed by atoms with Gasteiger partial charge in [-0.25, -0.2) is 9.80 Å². The fourth-order valence-corrected chi connectivity index (χ4v) is 3.00. The van der Waals surface area contributed by atoms with Gasteiger partial charge in [0.25, 0.3) is 5.91 Å². The standard InChI is InChI=1S/C16H25N3O5/c1-10(20)17-11-7-8-13(21)18-9-5-6-12(19(18)14(11)22)15(23)24-16(2,3)4/h11-12H,5-9H2,1-4H3,(H,17,20). The smallest absolute Gasteiger partial charge is 0.331 e. The summed E-state index contributed by atoms with van der Waals surface area (Å²) in [6.45, 7) is 6.96. The van der Waals surface area contributed by atoms with E-state index in [0.29, 0.717) is 19.4 Å². The van der Waals surface area contributed by atoms with Gasteiger partial charge in [-0.2, -0.15) is 0 Å². The number of carbonyl (C=O) groups is 4. The molecule has 3 amide bonds. The predicted octanol–water partition coefficient (Wildman–Crippen LogP) is 0.361. The van der Waals surface area contributed by atoms with Gasteiger partial charge in [0.15, 0.2) is 6.04 Å². The van der Waals surface area contributed by atoms with Crippen molar-refractivity contribution in [1.82, 2.24) is 15.3 Å². The zero-order chi connectivity index (χ0) is 18.1. The molecule has 2 aliphatic heterocycles. The van der Waals surface area contributed by atoms with Gasteiger partial charge >= 0.3 is 5.97 Å². The van der Waals surface area contributed by atoms with Crippen molar-refractivity contribution < 1.29 is 23.9 Å². The third kappa shape index (κ3) is 4.04. The summed E-state index contributed by atoms with van der Waals surface area (Å²) in [4.78, 5) is 49.1. The van der Waals surface area contributed by atoms with Crippen LogP contribution in [0.2, 0.25) is 0 Å². The molecule has 2 unspecified atom stereocenters. The first-order chi connectivity index (χ1) is 11.1. The SMILES string of the molecule is CC(=O)NC1CCC(=O)N2CCCC(C(=O)OC(C)(C)C)N2C1=O. The molecule has 8 heteroatoms. The molecule has 0 aliphatic carbocycles. The van der Waals surface area contributed by atoms with Gasteiger partial charge in [-0.05, 0) is 40.0 Å². The molecule has 2 aliphatic rings. The van der Waals surface area contributed by atoms with Gasteiger partial charge in [0.2, 0.25) is 11.8 Å². The molecule has 2 saturated heterocycles. The van der Waals surface area contributed by atoms with Crippen molar-refractivity contribution in [2.24, 2.45) is 0 Å². The lowest BCUT2D eigenvalue weighted by atomic mass is 10.1. The first-order valence-corrected chi connectivity index (χ1v) is 8.23. The molecule has 0 radical (unpaired) electrons. The maximum Gasteiger partial charge on any atom is 0.331 e. The van der Waals surface area contributed by atoms with E-state index >= 15 is 0 Å². The lowest BCUT2D eigenvalue weighted by Crippen LogP contribution is -2.62. The number of rotatable bonds is 2. The lowest BCUT2D eigenvalue weighted by molar-refractivity contribution is -0.187. The molecule has 0 saturated carbocycles. The van der Waals surface area contributed by atoms with E-state index in [1.54, 1.807) is 20.8 Å².